The third kappa shape index (κ3) is 1.17. The lowest BCUT2D eigenvalue weighted by atomic mass is 10.3. The van der Waals surface area contributed by atoms with E-state index in [1.165, 1.54) is 13.1 Å². The number of nitrogens with zero attached hydrogens (tertiary/aromatic N) is 2. The molecule has 1 saturated carbocycles. The molecular formula is C10H20N2. The molecule has 2 nitrogen and oxygen atoms in total. The smallest absolute Gasteiger partial charge is 0.0183 e. The minimum absolute atomic E-state index is 0.714. The summed E-state index contributed by atoms with van der Waals surface area (Å²) in [5, 5.41) is 0. The lowest BCUT2D eigenvalue weighted by Crippen LogP contribution is -2.35. The Morgan fingerprint density at radius 1 is 1.25 bits per heavy atom. The highest BCUT2D eigenvalue weighted by atomic mass is 15.3. The highest BCUT2D eigenvalue weighted by Crippen LogP contribution is 2.48. The van der Waals surface area contributed by atoms with Crippen molar-refractivity contribution in [2.45, 2.75) is 25.9 Å². The third-order valence-electron chi connectivity index (χ3n) is 3.62. The SMILES string of the molecule is CC(C)N(C)C1C2CN(C)CC21. The van der Waals surface area contributed by atoms with Gasteiger partial charge in [0.2, 0.25) is 0 Å². The van der Waals surface area contributed by atoms with Crippen LogP contribution in [0.15, 0.2) is 0 Å². The Labute approximate surface area is 75.5 Å². The summed E-state index contributed by atoms with van der Waals surface area (Å²) in [4.78, 5) is 5.00. The predicted molar refractivity (Wildman–Crippen MR) is 51.2 cm³/mol. The van der Waals surface area contributed by atoms with Gasteiger partial charge < -0.3 is 9.80 Å². The highest BCUT2D eigenvalue weighted by molar-refractivity contribution is 5.10. The molecule has 0 aromatic rings. The van der Waals surface area contributed by atoms with Crippen LogP contribution in [0.4, 0.5) is 0 Å². The van der Waals surface area contributed by atoms with Crippen LogP contribution in [0.1, 0.15) is 13.8 Å². The molecule has 2 unspecified atom stereocenters. The number of hydrogen-bond donors (Lipinski definition) is 0. The first kappa shape index (κ1) is 8.52. The molecule has 2 aliphatic rings. The quantitative estimate of drug-likeness (QED) is 0.604. The minimum Gasteiger partial charge on any atom is -0.306 e. The van der Waals surface area contributed by atoms with Gasteiger partial charge in [-0.15, -0.1) is 0 Å². The molecule has 0 aromatic heterocycles. The molecule has 1 saturated heterocycles. The van der Waals surface area contributed by atoms with Gasteiger partial charge in [0.1, 0.15) is 0 Å². The molecule has 2 fully saturated rings. The van der Waals surface area contributed by atoms with Crippen molar-refractivity contribution in [1.29, 1.82) is 0 Å². The van der Waals surface area contributed by atoms with Crippen molar-refractivity contribution in [1.82, 2.24) is 9.80 Å². The Bertz CT molecular complexity index is 167. The van der Waals surface area contributed by atoms with Crippen molar-refractivity contribution >= 4 is 0 Å². The van der Waals surface area contributed by atoms with Crippen molar-refractivity contribution in [2.75, 3.05) is 27.2 Å². The highest BCUT2D eigenvalue weighted by Gasteiger charge is 2.56. The van der Waals surface area contributed by atoms with Gasteiger partial charge in [-0.2, -0.15) is 0 Å². The molecule has 0 bridgehead atoms. The fraction of sp³-hybridized carbons (Fsp3) is 1.00. The van der Waals surface area contributed by atoms with Gasteiger partial charge in [0.25, 0.3) is 0 Å². The summed E-state index contributed by atoms with van der Waals surface area (Å²) in [6.07, 6.45) is 0. The first-order chi connectivity index (χ1) is 5.61. The largest absolute Gasteiger partial charge is 0.306 e. The van der Waals surface area contributed by atoms with E-state index in [1.54, 1.807) is 0 Å². The zero-order valence-electron chi connectivity index (χ0n) is 8.62. The summed E-state index contributed by atoms with van der Waals surface area (Å²) >= 11 is 0. The van der Waals surface area contributed by atoms with Gasteiger partial charge in [0.15, 0.2) is 0 Å². The van der Waals surface area contributed by atoms with E-state index in [9.17, 15) is 0 Å². The fourth-order valence-electron chi connectivity index (χ4n) is 2.65. The molecule has 2 rings (SSSR count). The van der Waals surface area contributed by atoms with Crippen LogP contribution in [-0.4, -0.2) is 49.1 Å². The van der Waals surface area contributed by atoms with Gasteiger partial charge in [-0.3, -0.25) is 0 Å². The van der Waals surface area contributed by atoms with Gasteiger partial charge in [-0.25, -0.2) is 0 Å². The van der Waals surface area contributed by atoms with Crippen LogP contribution < -0.4 is 0 Å². The van der Waals surface area contributed by atoms with Crippen LogP contribution in [-0.2, 0) is 0 Å². The Kier molecular flexibility index (Phi) is 1.92. The third-order valence-corrected chi connectivity index (χ3v) is 3.62. The van der Waals surface area contributed by atoms with E-state index in [0.717, 1.165) is 17.9 Å². The molecule has 0 radical (unpaired) electrons. The minimum atomic E-state index is 0.714. The lowest BCUT2D eigenvalue weighted by Gasteiger charge is -2.25. The summed E-state index contributed by atoms with van der Waals surface area (Å²) in [6.45, 7) is 7.23. The number of hydrogen-bond acceptors (Lipinski definition) is 2. The van der Waals surface area contributed by atoms with Crippen molar-refractivity contribution in [3.63, 3.8) is 0 Å². The molecule has 0 aromatic carbocycles. The summed E-state index contributed by atoms with van der Waals surface area (Å²) in [5.41, 5.74) is 0. The maximum absolute atomic E-state index is 2.54. The van der Waals surface area contributed by atoms with Crippen molar-refractivity contribution in [3.8, 4) is 0 Å². The van der Waals surface area contributed by atoms with Gasteiger partial charge in [-0.1, -0.05) is 0 Å². The van der Waals surface area contributed by atoms with E-state index in [0.29, 0.717) is 6.04 Å². The fourth-order valence-corrected chi connectivity index (χ4v) is 2.65. The van der Waals surface area contributed by atoms with E-state index in [4.69, 9.17) is 0 Å². The van der Waals surface area contributed by atoms with E-state index < -0.39 is 0 Å². The number of piperidine rings is 1. The molecule has 1 heterocycles. The summed E-state index contributed by atoms with van der Waals surface area (Å²) in [5.74, 6) is 1.98. The monoisotopic (exact) mass is 168 g/mol. The number of likely N-dealkylation sites (tertiary alicyclic amines) is 1. The molecule has 1 aliphatic heterocycles. The van der Waals surface area contributed by atoms with Crippen LogP contribution in [0.5, 0.6) is 0 Å². The van der Waals surface area contributed by atoms with E-state index >= 15 is 0 Å². The van der Waals surface area contributed by atoms with Crippen LogP contribution >= 0.6 is 0 Å². The predicted octanol–water partition coefficient (Wildman–Crippen LogP) is 0.887. The number of fused-ring (bicyclic) bond motifs is 1. The molecule has 0 N–H and O–H groups in total. The maximum Gasteiger partial charge on any atom is 0.0183 e. The molecule has 12 heavy (non-hydrogen) atoms. The van der Waals surface area contributed by atoms with E-state index in [1.807, 2.05) is 0 Å². The van der Waals surface area contributed by atoms with Crippen molar-refractivity contribution in [3.05, 3.63) is 0 Å². The molecule has 70 valence electrons. The number of rotatable bonds is 2. The Morgan fingerprint density at radius 2 is 1.75 bits per heavy atom. The second-order valence-electron chi connectivity index (χ2n) is 4.80. The normalized spacial score (nSPS) is 41.0. The topological polar surface area (TPSA) is 6.48 Å². The van der Waals surface area contributed by atoms with E-state index in [2.05, 4.69) is 37.7 Å². The summed E-state index contributed by atoms with van der Waals surface area (Å²) < 4.78 is 0. The van der Waals surface area contributed by atoms with Crippen LogP contribution in [0.2, 0.25) is 0 Å². The molecule has 2 atom stereocenters. The zero-order chi connectivity index (χ0) is 8.88. The van der Waals surface area contributed by atoms with Crippen LogP contribution in [0, 0.1) is 11.8 Å². The molecule has 0 spiro atoms. The molecule has 1 aliphatic carbocycles. The Balaban J connectivity index is 1.89. The second kappa shape index (κ2) is 2.71. The zero-order valence-corrected chi connectivity index (χ0v) is 8.62. The van der Waals surface area contributed by atoms with Gasteiger partial charge in [0.05, 0.1) is 0 Å². The summed E-state index contributed by atoms with van der Waals surface area (Å²) in [7, 11) is 4.51. The van der Waals surface area contributed by atoms with Crippen molar-refractivity contribution < 1.29 is 0 Å². The average Bonchev–Trinajstić information content (AvgIpc) is 2.48. The van der Waals surface area contributed by atoms with Gasteiger partial charge in [0, 0.05) is 25.2 Å². The summed E-state index contributed by atoms with van der Waals surface area (Å²) in [6, 6.07) is 1.62. The van der Waals surface area contributed by atoms with Crippen LogP contribution in [0.3, 0.4) is 0 Å². The Hall–Kier alpha value is -0.0800. The molecular weight excluding hydrogens is 148 g/mol. The first-order valence-corrected chi connectivity index (χ1v) is 5.01. The van der Waals surface area contributed by atoms with Gasteiger partial charge in [-0.05, 0) is 39.8 Å². The lowest BCUT2D eigenvalue weighted by molar-refractivity contribution is 0.211. The standard InChI is InChI=1S/C10H20N2/c1-7(2)12(4)10-8-5-11(3)6-9(8)10/h7-10H,5-6H2,1-4H3. The van der Waals surface area contributed by atoms with Crippen LogP contribution in [0.25, 0.3) is 0 Å². The Morgan fingerprint density at radius 3 is 2.17 bits per heavy atom. The van der Waals surface area contributed by atoms with Gasteiger partial charge >= 0.3 is 0 Å². The average molecular weight is 168 g/mol. The first-order valence-electron chi connectivity index (χ1n) is 5.01. The maximum atomic E-state index is 2.54. The second-order valence-corrected chi connectivity index (χ2v) is 4.80. The van der Waals surface area contributed by atoms with E-state index in [-0.39, 0.29) is 0 Å². The van der Waals surface area contributed by atoms with Crippen molar-refractivity contribution in [2.24, 2.45) is 11.8 Å². The molecule has 0 amide bonds. The molecule has 2 heteroatoms.